The molecule has 476 valence electrons. The molecule has 7 nitrogen and oxygen atoms in total. The molecule has 0 aliphatic heterocycles. The summed E-state index contributed by atoms with van der Waals surface area (Å²) in [6.45, 7) is 46.9. The van der Waals surface area contributed by atoms with E-state index in [0.29, 0.717) is 0 Å². The van der Waals surface area contributed by atoms with E-state index in [1.54, 1.807) is 0 Å². The van der Waals surface area contributed by atoms with Gasteiger partial charge in [0.05, 0.1) is 0 Å². The number of fused-ring (bicyclic) bond motifs is 7. The van der Waals surface area contributed by atoms with Gasteiger partial charge in [0.1, 0.15) is 0 Å². The van der Waals surface area contributed by atoms with Gasteiger partial charge in [-0.1, -0.05) is 228 Å². The van der Waals surface area contributed by atoms with E-state index in [1.807, 2.05) is 24.8 Å². The SMILES string of the molecule is CC(C)(C)c1c[nH]c2ccccc12.CC(C)(C)c1cc2ccccc2[nH]1.CC(C)(C)c1ccc2[nH]ccc2c1.CC(C)(C)c1ccc2cc[nH]c2c1.CC(C)(C)c1cccc2[nH]ccc12.CC(C)(C)c1cccc2cc[nH]c12.CC(C)(C)n1ccc2ccccc21. The van der Waals surface area contributed by atoms with Crippen molar-refractivity contribution in [3.63, 3.8) is 0 Å². The highest BCUT2D eigenvalue weighted by Gasteiger charge is 2.21. The molecule has 0 amide bonds. The van der Waals surface area contributed by atoms with Crippen molar-refractivity contribution in [3.05, 3.63) is 253 Å². The number of nitrogens with zero attached hydrogens (tertiary/aromatic N) is 1. The maximum Gasteiger partial charge on any atom is 0.0491 e. The van der Waals surface area contributed by atoms with Crippen LogP contribution in [-0.4, -0.2) is 34.5 Å². The number of para-hydroxylation sites is 4. The minimum absolute atomic E-state index is 0.170. The van der Waals surface area contributed by atoms with Gasteiger partial charge in [0.2, 0.25) is 0 Å². The molecule has 0 saturated carbocycles. The van der Waals surface area contributed by atoms with Crippen LogP contribution in [0.25, 0.3) is 76.3 Å². The van der Waals surface area contributed by atoms with Gasteiger partial charge < -0.3 is 34.5 Å². The standard InChI is InChI=1S/7C12H15N/c1-12(2,3)10-4-5-11-9(8-10)6-7-13-11;1-12(2,3)10-5-4-9-6-7-13-11(9)8-10;1-12(2,3)10-5-4-6-11-9(10)7-8-13-11;1-12(2,3)10-6-4-5-9-7-8-13-11(9)10;1-12(2,3)13-9-8-10-6-4-5-7-11(10)13;1-12(2,3)10-8-13-11-7-5-4-6-9(10)11;1-12(2,3)11-8-9-6-4-5-7-10(9)13-11/h4*4-8,13H,1-3H3;4-9H,1-3H3;2*4-8,13H,1-3H3. The van der Waals surface area contributed by atoms with Gasteiger partial charge in [-0.15, -0.1) is 0 Å². The van der Waals surface area contributed by atoms with Crippen molar-refractivity contribution in [2.45, 2.75) is 183 Å². The monoisotopic (exact) mass is 1210 g/mol. The highest BCUT2D eigenvalue weighted by molar-refractivity contribution is 5.86. The number of rotatable bonds is 0. The number of hydrogen-bond donors (Lipinski definition) is 6. The molecule has 0 saturated heterocycles. The Morgan fingerprint density at radius 1 is 0.286 bits per heavy atom. The number of aromatic nitrogens is 7. The lowest BCUT2D eigenvalue weighted by atomic mass is 9.85. The first-order chi connectivity index (χ1) is 42.6. The smallest absolute Gasteiger partial charge is 0.0491 e. The van der Waals surface area contributed by atoms with Crippen molar-refractivity contribution < 1.29 is 0 Å². The van der Waals surface area contributed by atoms with Gasteiger partial charge in [-0.3, -0.25) is 0 Å². The Bertz CT molecular complexity index is 4250. The van der Waals surface area contributed by atoms with E-state index in [-0.39, 0.29) is 38.0 Å². The molecule has 6 N–H and O–H groups in total. The predicted molar refractivity (Wildman–Crippen MR) is 399 cm³/mol. The Hall–Kier alpha value is -8.68. The highest BCUT2D eigenvalue weighted by Crippen LogP contribution is 2.33. The van der Waals surface area contributed by atoms with E-state index in [0.717, 1.165) is 0 Å². The normalized spacial score (nSPS) is 12.2. The lowest BCUT2D eigenvalue weighted by Crippen LogP contribution is -2.20. The minimum atomic E-state index is 0.170. The topological polar surface area (TPSA) is 99.7 Å². The average molecular weight is 1210 g/mol. The second-order valence-corrected chi connectivity index (χ2v) is 31.5. The Morgan fingerprint density at radius 3 is 1.42 bits per heavy atom. The third-order valence-corrected chi connectivity index (χ3v) is 16.7. The van der Waals surface area contributed by atoms with Gasteiger partial charge in [-0.25, -0.2) is 0 Å². The maximum absolute atomic E-state index is 3.44. The van der Waals surface area contributed by atoms with Crippen LogP contribution in [0.3, 0.4) is 0 Å². The summed E-state index contributed by atoms with van der Waals surface area (Å²) in [6.07, 6.45) is 12.2. The zero-order valence-corrected chi connectivity index (χ0v) is 58.7. The second-order valence-electron chi connectivity index (χ2n) is 31.5. The fraction of sp³-hybridized carbons (Fsp3) is 0.333. The fourth-order valence-corrected chi connectivity index (χ4v) is 11.3. The molecule has 0 atom stereocenters. The number of H-pyrrole nitrogens is 6. The molecule has 0 bridgehead atoms. The summed E-state index contributed by atoms with van der Waals surface area (Å²) in [5.41, 5.74) is 18.5. The molecular formula is C84H105N7. The molecule has 14 rings (SSSR count). The minimum Gasteiger partial charge on any atom is -0.361 e. The van der Waals surface area contributed by atoms with Gasteiger partial charge in [-0.05, 0) is 181 Å². The summed E-state index contributed by atoms with van der Waals surface area (Å²) in [6, 6.07) is 64.3. The maximum atomic E-state index is 3.44. The molecule has 0 unspecified atom stereocenters. The van der Waals surface area contributed by atoms with Crippen molar-refractivity contribution in [3.8, 4) is 0 Å². The number of nitrogens with one attached hydrogen (secondary N) is 6. The first kappa shape index (κ1) is 68.2. The Labute approximate surface area is 543 Å². The number of hydrogen-bond acceptors (Lipinski definition) is 0. The lowest BCUT2D eigenvalue weighted by Gasteiger charge is -2.22. The molecule has 7 aromatic carbocycles. The number of aromatic amines is 6. The van der Waals surface area contributed by atoms with Crippen molar-refractivity contribution in [2.75, 3.05) is 0 Å². The van der Waals surface area contributed by atoms with Crippen LogP contribution in [-0.2, 0) is 38.0 Å². The van der Waals surface area contributed by atoms with Crippen LogP contribution in [0.1, 0.15) is 179 Å². The first-order valence-electron chi connectivity index (χ1n) is 32.6. The summed E-state index contributed by atoms with van der Waals surface area (Å²) >= 11 is 0. The Morgan fingerprint density at radius 2 is 0.769 bits per heavy atom. The highest BCUT2D eigenvalue weighted by atomic mass is 15.0. The van der Waals surface area contributed by atoms with E-state index in [1.165, 1.54) is 110 Å². The lowest BCUT2D eigenvalue weighted by molar-refractivity contribution is 0.411. The van der Waals surface area contributed by atoms with Crippen molar-refractivity contribution in [1.82, 2.24) is 34.5 Å². The van der Waals surface area contributed by atoms with Gasteiger partial charge >= 0.3 is 0 Å². The van der Waals surface area contributed by atoms with Crippen LogP contribution >= 0.6 is 0 Å². The van der Waals surface area contributed by atoms with E-state index >= 15 is 0 Å². The van der Waals surface area contributed by atoms with Crippen LogP contribution in [0.15, 0.2) is 219 Å². The van der Waals surface area contributed by atoms with E-state index in [4.69, 9.17) is 0 Å². The first-order valence-corrected chi connectivity index (χ1v) is 32.6. The van der Waals surface area contributed by atoms with Crippen molar-refractivity contribution in [1.29, 1.82) is 0 Å². The van der Waals surface area contributed by atoms with Crippen LogP contribution in [0, 0.1) is 0 Å². The van der Waals surface area contributed by atoms with Crippen LogP contribution in [0.2, 0.25) is 0 Å². The van der Waals surface area contributed by atoms with Crippen LogP contribution < -0.4 is 0 Å². The van der Waals surface area contributed by atoms with Crippen molar-refractivity contribution in [2.24, 2.45) is 0 Å². The zero-order valence-electron chi connectivity index (χ0n) is 58.7. The molecule has 0 aliphatic carbocycles. The molecule has 7 heteroatoms. The molecule has 0 fully saturated rings. The van der Waals surface area contributed by atoms with E-state index in [9.17, 15) is 0 Å². The van der Waals surface area contributed by atoms with Gasteiger partial charge in [0, 0.05) is 103 Å². The molecule has 0 radical (unpaired) electrons. The Balaban J connectivity index is 0.000000137. The summed E-state index contributed by atoms with van der Waals surface area (Å²) in [4.78, 5) is 19.7. The number of benzene rings is 7. The summed E-state index contributed by atoms with van der Waals surface area (Å²) < 4.78 is 2.31. The second kappa shape index (κ2) is 27.4. The third kappa shape index (κ3) is 17.6. The predicted octanol–water partition coefficient (Wildman–Crippen LogP) is 24.2. The Kier molecular flexibility index (Phi) is 20.6. The van der Waals surface area contributed by atoms with Crippen LogP contribution in [0.5, 0.6) is 0 Å². The summed E-state index contributed by atoms with van der Waals surface area (Å²) in [7, 11) is 0. The summed E-state index contributed by atoms with van der Waals surface area (Å²) in [5.74, 6) is 0. The zero-order chi connectivity index (χ0) is 66.3. The fourth-order valence-electron chi connectivity index (χ4n) is 11.3. The quantitative estimate of drug-likeness (QED) is 0.0872. The molecule has 0 spiro atoms. The molecule has 14 aromatic rings. The van der Waals surface area contributed by atoms with Crippen LogP contribution in [0.4, 0.5) is 0 Å². The van der Waals surface area contributed by atoms with Gasteiger partial charge in [0.25, 0.3) is 0 Å². The van der Waals surface area contributed by atoms with Crippen molar-refractivity contribution >= 4 is 76.3 Å². The third-order valence-electron chi connectivity index (χ3n) is 16.7. The molecular weight excluding hydrogens is 1110 g/mol. The largest absolute Gasteiger partial charge is 0.361 e. The van der Waals surface area contributed by atoms with Gasteiger partial charge in [-0.2, -0.15) is 0 Å². The average Bonchev–Trinajstić information content (AvgIpc) is 3.15. The summed E-state index contributed by atoms with van der Waals surface area (Å²) in [5, 5.41) is 9.18. The van der Waals surface area contributed by atoms with E-state index < -0.39 is 0 Å². The van der Waals surface area contributed by atoms with Gasteiger partial charge in [0.15, 0.2) is 0 Å². The molecule has 7 aromatic heterocycles. The molecule has 0 aliphatic rings. The van der Waals surface area contributed by atoms with E-state index in [2.05, 4.69) is 374 Å². The molecule has 7 heterocycles. The molecule has 91 heavy (non-hydrogen) atoms.